The van der Waals surface area contributed by atoms with Crippen molar-refractivity contribution >= 4 is 24.4 Å². The van der Waals surface area contributed by atoms with Gasteiger partial charge in [0.15, 0.2) is 0 Å². The van der Waals surface area contributed by atoms with Gasteiger partial charge in [-0.15, -0.1) is 0 Å². The summed E-state index contributed by atoms with van der Waals surface area (Å²) in [6.07, 6.45) is 2.15. The highest BCUT2D eigenvalue weighted by molar-refractivity contribution is 7.71. The van der Waals surface area contributed by atoms with Crippen LogP contribution < -0.4 is 15.7 Å². The average molecular weight is 317 g/mol. The molecule has 114 valence electrons. The molecule has 1 nitrogen and oxygen atoms in total. The van der Waals surface area contributed by atoms with Crippen LogP contribution in [0.15, 0.2) is 97.1 Å². The Morgan fingerprint density at radius 2 is 1.13 bits per heavy atom. The largest absolute Gasteiger partial charge is 0.357 e. The number of nitrogens with one attached hydrogen (secondary N) is 1. The molecule has 0 heterocycles. The van der Waals surface area contributed by atoms with Crippen LogP contribution in [0.3, 0.4) is 0 Å². The Labute approximate surface area is 139 Å². The molecular formula is C21H20NP. The van der Waals surface area contributed by atoms with Crippen LogP contribution in [0.5, 0.6) is 0 Å². The molecule has 0 saturated carbocycles. The zero-order chi connectivity index (χ0) is 15.9. The predicted molar refractivity (Wildman–Crippen MR) is 102 cm³/mol. The van der Waals surface area contributed by atoms with Crippen LogP contribution in [-0.4, -0.2) is 0 Å². The number of benzene rings is 3. The number of hydrogen-bond acceptors (Lipinski definition) is 1. The maximum atomic E-state index is 3.78. The summed E-state index contributed by atoms with van der Waals surface area (Å²) in [6.45, 7) is 2.08. The summed E-state index contributed by atoms with van der Waals surface area (Å²) in [5, 5.41) is 6.42. The first kappa shape index (κ1) is 15.5. The molecule has 0 bridgehead atoms. The second-order valence-corrected chi connectivity index (χ2v) is 7.11. The Kier molecular flexibility index (Phi) is 5.24. The molecule has 1 N–H and O–H groups in total. The van der Waals surface area contributed by atoms with E-state index in [4.69, 9.17) is 0 Å². The van der Waals surface area contributed by atoms with Gasteiger partial charge in [-0.05, 0) is 12.5 Å². The van der Waals surface area contributed by atoms with Crippen molar-refractivity contribution in [2.45, 2.75) is 6.92 Å². The van der Waals surface area contributed by atoms with Crippen molar-refractivity contribution in [3.05, 3.63) is 103 Å². The van der Waals surface area contributed by atoms with E-state index in [-0.39, 0.29) is 0 Å². The summed E-state index contributed by atoms with van der Waals surface area (Å²) >= 11 is 0. The molecule has 3 rings (SSSR count). The van der Waals surface area contributed by atoms with E-state index in [2.05, 4.69) is 103 Å². The van der Waals surface area contributed by atoms with Gasteiger partial charge in [-0.3, -0.25) is 0 Å². The highest BCUT2D eigenvalue weighted by Crippen LogP contribution is 2.32. The first-order valence-corrected chi connectivity index (χ1v) is 9.11. The lowest BCUT2D eigenvalue weighted by molar-refractivity contribution is 1.37. The van der Waals surface area contributed by atoms with Crippen molar-refractivity contribution in [2.75, 3.05) is 0 Å². The zero-order valence-corrected chi connectivity index (χ0v) is 14.1. The van der Waals surface area contributed by atoms with Crippen LogP contribution in [0.25, 0.3) is 5.70 Å². The standard InChI is InChI=1S/C21H20NP/c1-2-21(18-12-6-3-7-13-18)22-23(19-14-8-4-9-15-19)20-16-10-5-11-17-20/h2-17,22H,1H3/b21-2+. The molecule has 0 atom stereocenters. The van der Waals surface area contributed by atoms with Gasteiger partial charge in [0.05, 0.1) is 8.07 Å². The van der Waals surface area contributed by atoms with Gasteiger partial charge in [-0.25, -0.2) is 0 Å². The molecule has 0 spiro atoms. The zero-order valence-electron chi connectivity index (χ0n) is 13.2. The fraction of sp³-hybridized carbons (Fsp3) is 0.0476. The monoisotopic (exact) mass is 317 g/mol. The normalized spacial score (nSPS) is 11.5. The topological polar surface area (TPSA) is 12.0 Å². The summed E-state index contributed by atoms with van der Waals surface area (Å²) in [6, 6.07) is 31.8. The Morgan fingerprint density at radius 3 is 1.57 bits per heavy atom. The smallest absolute Gasteiger partial charge is 0.0522 e. The molecule has 0 amide bonds. The Balaban J connectivity index is 1.96. The van der Waals surface area contributed by atoms with E-state index in [0.29, 0.717) is 0 Å². The molecule has 3 aromatic carbocycles. The van der Waals surface area contributed by atoms with Gasteiger partial charge >= 0.3 is 0 Å². The lowest BCUT2D eigenvalue weighted by Crippen LogP contribution is -2.22. The summed E-state index contributed by atoms with van der Waals surface area (Å²) in [4.78, 5) is 0. The molecule has 0 aliphatic heterocycles. The quantitative estimate of drug-likeness (QED) is 0.674. The number of allylic oxidation sites excluding steroid dienone is 1. The maximum Gasteiger partial charge on any atom is 0.0522 e. The van der Waals surface area contributed by atoms with Gasteiger partial charge in [0.25, 0.3) is 0 Å². The van der Waals surface area contributed by atoms with Crippen LogP contribution in [0.4, 0.5) is 0 Å². The van der Waals surface area contributed by atoms with Gasteiger partial charge in [0, 0.05) is 16.3 Å². The van der Waals surface area contributed by atoms with Crippen molar-refractivity contribution in [1.29, 1.82) is 0 Å². The van der Waals surface area contributed by atoms with E-state index >= 15 is 0 Å². The van der Waals surface area contributed by atoms with E-state index in [1.165, 1.54) is 21.9 Å². The summed E-state index contributed by atoms with van der Waals surface area (Å²) in [5.41, 5.74) is 2.39. The second kappa shape index (κ2) is 7.76. The minimum atomic E-state index is -0.638. The van der Waals surface area contributed by atoms with Crippen LogP contribution in [0.1, 0.15) is 12.5 Å². The first-order chi connectivity index (χ1) is 11.4. The Bertz CT molecular complexity index is 712. The summed E-state index contributed by atoms with van der Waals surface area (Å²) < 4.78 is 0. The van der Waals surface area contributed by atoms with E-state index in [0.717, 1.165) is 0 Å². The maximum absolute atomic E-state index is 3.78. The van der Waals surface area contributed by atoms with Crippen molar-refractivity contribution in [1.82, 2.24) is 5.09 Å². The number of rotatable bonds is 5. The van der Waals surface area contributed by atoms with E-state index in [1.54, 1.807) is 0 Å². The van der Waals surface area contributed by atoms with Crippen LogP contribution in [0, 0.1) is 0 Å². The molecule has 23 heavy (non-hydrogen) atoms. The van der Waals surface area contributed by atoms with Crippen molar-refractivity contribution in [3.8, 4) is 0 Å². The van der Waals surface area contributed by atoms with Gasteiger partial charge in [-0.2, -0.15) is 0 Å². The molecule has 0 radical (unpaired) electrons. The lowest BCUT2D eigenvalue weighted by Gasteiger charge is -2.23. The van der Waals surface area contributed by atoms with Gasteiger partial charge in [0.2, 0.25) is 0 Å². The van der Waals surface area contributed by atoms with Crippen molar-refractivity contribution in [3.63, 3.8) is 0 Å². The molecular weight excluding hydrogens is 297 g/mol. The summed E-state index contributed by atoms with van der Waals surface area (Å²) in [7, 11) is -0.638. The highest BCUT2D eigenvalue weighted by atomic mass is 31.1. The Hall–Kier alpha value is -2.37. The van der Waals surface area contributed by atoms with E-state index < -0.39 is 8.07 Å². The SMILES string of the molecule is C/C=C(/NP(c1ccccc1)c1ccccc1)c1ccccc1. The van der Waals surface area contributed by atoms with Crippen molar-refractivity contribution in [2.24, 2.45) is 0 Å². The minimum Gasteiger partial charge on any atom is -0.357 e. The van der Waals surface area contributed by atoms with Crippen LogP contribution in [0.2, 0.25) is 0 Å². The average Bonchev–Trinajstić information content (AvgIpc) is 2.65. The van der Waals surface area contributed by atoms with Gasteiger partial charge in [-0.1, -0.05) is 97.1 Å². The molecule has 0 fully saturated rings. The van der Waals surface area contributed by atoms with Gasteiger partial charge < -0.3 is 5.09 Å². The third-order valence-electron chi connectivity index (χ3n) is 3.63. The molecule has 3 aromatic rings. The van der Waals surface area contributed by atoms with E-state index in [1.807, 2.05) is 6.07 Å². The third-order valence-corrected chi connectivity index (χ3v) is 5.73. The van der Waals surface area contributed by atoms with Gasteiger partial charge in [0.1, 0.15) is 0 Å². The lowest BCUT2D eigenvalue weighted by atomic mass is 10.2. The van der Waals surface area contributed by atoms with Crippen LogP contribution >= 0.6 is 8.07 Å². The Morgan fingerprint density at radius 1 is 0.696 bits per heavy atom. The first-order valence-electron chi connectivity index (χ1n) is 7.77. The minimum absolute atomic E-state index is 0.638. The molecule has 0 saturated heterocycles. The van der Waals surface area contributed by atoms with E-state index in [9.17, 15) is 0 Å². The fourth-order valence-electron chi connectivity index (χ4n) is 2.47. The third kappa shape index (κ3) is 3.88. The molecule has 0 aliphatic rings. The molecule has 0 aliphatic carbocycles. The highest BCUT2D eigenvalue weighted by Gasteiger charge is 2.15. The molecule has 0 aromatic heterocycles. The van der Waals surface area contributed by atoms with Crippen molar-refractivity contribution < 1.29 is 0 Å². The molecule has 2 heteroatoms. The molecule has 0 unspecified atom stereocenters. The number of hydrogen-bond donors (Lipinski definition) is 1. The van der Waals surface area contributed by atoms with Crippen LogP contribution in [-0.2, 0) is 0 Å². The fourth-order valence-corrected chi connectivity index (χ4v) is 4.46. The predicted octanol–water partition coefficient (Wildman–Crippen LogP) is 4.68. The summed E-state index contributed by atoms with van der Waals surface area (Å²) in [5.74, 6) is 0. The second-order valence-electron chi connectivity index (χ2n) is 5.19.